The molecule has 0 N–H and O–H groups in total. The van der Waals surface area contributed by atoms with Crippen LogP contribution in [0.25, 0.3) is 17.0 Å². The van der Waals surface area contributed by atoms with E-state index in [9.17, 15) is 9.59 Å². The molecule has 3 aromatic carbocycles. The van der Waals surface area contributed by atoms with Gasteiger partial charge in [0.1, 0.15) is 18.4 Å². The number of allylic oxidation sites excluding steroid dienone is 1. The lowest BCUT2D eigenvalue weighted by Gasteiger charge is -2.26. The fourth-order valence-corrected chi connectivity index (χ4v) is 6.70. The number of nitrogens with zero attached hydrogens (tertiary/aromatic N) is 3. The molecule has 9 heteroatoms. The van der Waals surface area contributed by atoms with Crippen molar-refractivity contribution in [3.8, 4) is 5.75 Å². The lowest BCUT2D eigenvalue weighted by Crippen LogP contribution is -2.40. The summed E-state index contributed by atoms with van der Waals surface area (Å²) in [5.41, 5.74) is 4.47. The third-order valence-electron chi connectivity index (χ3n) is 7.74. The molecule has 0 amide bonds. The highest BCUT2D eigenvalue weighted by Crippen LogP contribution is 2.36. The lowest BCUT2D eigenvalue weighted by molar-refractivity contribution is -0.140. The molecule has 0 bridgehead atoms. The van der Waals surface area contributed by atoms with Crippen molar-refractivity contribution in [1.82, 2.24) is 9.13 Å². The van der Waals surface area contributed by atoms with Crippen molar-refractivity contribution in [2.24, 2.45) is 4.99 Å². The van der Waals surface area contributed by atoms with Crippen LogP contribution < -0.4 is 19.6 Å². The largest absolute Gasteiger partial charge is 0.493 e. The average molecular weight is 622 g/mol. The molecule has 0 radical (unpaired) electrons. The number of hydrogen-bond donors (Lipinski definition) is 0. The van der Waals surface area contributed by atoms with E-state index in [1.807, 2.05) is 67.6 Å². The maximum Gasteiger partial charge on any atom is 0.338 e. The summed E-state index contributed by atoms with van der Waals surface area (Å²) in [7, 11) is 1.55. The van der Waals surface area contributed by atoms with Crippen molar-refractivity contribution >= 4 is 34.3 Å². The molecule has 8 nitrogen and oxygen atoms in total. The molecule has 2 aromatic heterocycles. The van der Waals surface area contributed by atoms with Crippen LogP contribution in [0, 0.1) is 0 Å². The normalized spacial score (nSPS) is 14.8. The van der Waals surface area contributed by atoms with Gasteiger partial charge in [-0.2, -0.15) is 0 Å². The standard InChI is InChI=1S/C36H35N3O5S/c1-4-18-43-30-17-11-9-15-28(30)33-32(35(41)44-20-19-42-3)24(2)37-36-39(33)34(40)31(45-36)21-26-23-38(22-25-12-6-5-7-13-25)29-16-10-8-14-27(26)29/h5-17,21,23,33H,4,18-20,22H2,1-3H3/b31-21+/t33-/m0/s1. The number of methoxy groups -OCH3 is 1. The maximum atomic E-state index is 14.3. The number of fused-ring (bicyclic) bond motifs is 2. The fourth-order valence-electron chi connectivity index (χ4n) is 5.66. The van der Waals surface area contributed by atoms with E-state index in [2.05, 4.69) is 35.0 Å². The molecule has 230 valence electrons. The summed E-state index contributed by atoms with van der Waals surface area (Å²) < 4.78 is 21.1. The Morgan fingerprint density at radius 1 is 0.978 bits per heavy atom. The monoisotopic (exact) mass is 621 g/mol. The summed E-state index contributed by atoms with van der Waals surface area (Å²) >= 11 is 1.31. The first-order valence-electron chi connectivity index (χ1n) is 15.0. The van der Waals surface area contributed by atoms with Crippen molar-refractivity contribution in [2.75, 3.05) is 26.9 Å². The van der Waals surface area contributed by atoms with E-state index in [1.165, 1.54) is 16.9 Å². The number of rotatable bonds is 11. The average Bonchev–Trinajstić information content (AvgIpc) is 3.56. The zero-order valence-electron chi connectivity index (χ0n) is 25.6. The predicted molar refractivity (Wildman–Crippen MR) is 176 cm³/mol. The van der Waals surface area contributed by atoms with Gasteiger partial charge in [-0.15, -0.1) is 0 Å². The summed E-state index contributed by atoms with van der Waals surface area (Å²) in [6.45, 7) is 5.37. The molecule has 1 aliphatic rings. The Kier molecular flexibility index (Phi) is 9.09. The Balaban J connectivity index is 1.50. The van der Waals surface area contributed by atoms with E-state index >= 15 is 0 Å². The molecule has 0 saturated carbocycles. The van der Waals surface area contributed by atoms with Crippen LogP contribution in [0.4, 0.5) is 0 Å². The van der Waals surface area contributed by atoms with E-state index < -0.39 is 12.0 Å². The fraction of sp³-hybridized carbons (Fsp3) is 0.250. The van der Waals surface area contributed by atoms with Gasteiger partial charge in [-0.3, -0.25) is 9.36 Å². The SMILES string of the molecule is CCCOc1ccccc1[C@H]1C(C(=O)OCCOC)=C(C)N=c2s/c(=C/c3cn(Cc4ccccc4)c4ccccc34)c(=O)n21. The van der Waals surface area contributed by atoms with Crippen molar-refractivity contribution in [3.05, 3.63) is 133 Å². The summed E-state index contributed by atoms with van der Waals surface area (Å²) in [6, 6.07) is 25.2. The molecular formula is C36H35N3O5S. The number of carbonyl (C=O) groups is 1. The number of benzene rings is 3. The number of carbonyl (C=O) groups excluding carboxylic acids is 1. The van der Waals surface area contributed by atoms with Gasteiger partial charge in [0.25, 0.3) is 5.56 Å². The Hall–Kier alpha value is -4.73. The highest BCUT2D eigenvalue weighted by molar-refractivity contribution is 7.07. The van der Waals surface area contributed by atoms with Gasteiger partial charge in [-0.25, -0.2) is 9.79 Å². The molecule has 3 heterocycles. The van der Waals surface area contributed by atoms with Crippen LogP contribution in [0.2, 0.25) is 0 Å². The summed E-state index contributed by atoms with van der Waals surface area (Å²) in [5.74, 6) is 0.0710. The van der Waals surface area contributed by atoms with Gasteiger partial charge in [-0.05, 0) is 37.1 Å². The molecule has 0 aliphatic carbocycles. The minimum atomic E-state index is -0.772. The van der Waals surface area contributed by atoms with Crippen LogP contribution in [0.3, 0.4) is 0 Å². The van der Waals surface area contributed by atoms with Gasteiger partial charge in [0.15, 0.2) is 4.80 Å². The summed E-state index contributed by atoms with van der Waals surface area (Å²) in [4.78, 5) is 33.2. The van der Waals surface area contributed by atoms with Crippen molar-refractivity contribution < 1.29 is 19.0 Å². The maximum absolute atomic E-state index is 14.3. The third kappa shape index (κ3) is 6.14. The van der Waals surface area contributed by atoms with Gasteiger partial charge in [0.2, 0.25) is 0 Å². The number of thiazole rings is 1. The van der Waals surface area contributed by atoms with Gasteiger partial charge in [0, 0.05) is 41.9 Å². The highest BCUT2D eigenvalue weighted by atomic mass is 32.1. The lowest BCUT2D eigenvalue weighted by atomic mass is 9.95. The smallest absolute Gasteiger partial charge is 0.338 e. The number of hydrogen-bond acceptors (Lipinski definition) is 7. The molecule has 0 saturated heterocycles. The predicted octanol–water partition coefficient (Wildman–Crippen LogP) is 5.22. The van der Waals surface area contributed by atoms with Crippen LogP contribution in [0.5, 0.6) is 5.75 Å². The second-order valence-electron chi connectivity index (χ2n) is 10.8. The number of aromatic nitrogens is 2. The van der Waals surface area contributed by atoms with E-state index in [0.29, 0.717) is 45.1 Å². The number of esters is 1. The van der Waals surface area contributed by atoms with Crippen LogP contribution in [0.15, 0.2) is 106 Å². The van der Waals surface area contributed by atoms with Crippen molar-refractivity contribution in [1.29, 1.82) is 0 Å². The molecule has 1 atom stereocenters. The molecular weight excluding hydrogens is 586 g/mol. The van der Waals surface area contributed by atoms with Crippen LogP contribution in [-0.4, -0.2) is 42.0 Å². The molecule has 0 spiro atoms. The molecule has 0 fully saturated rings. The second-order valence-corrected chi connectivity index (χ2v) is 11.8. The minimum Gasteiger partial charge on any atom is -0.493 e. The molecule has 6 rings (SSSR count). The van der Waals surface area contributed by atoms with E-state index in [-0.39, 0.29) is 18.8 Å². The van der Waals surface area contributed by atoms with Gasteiger partial charge in [0.05, 0.1) is 29.0 Å². The van der Waals surface area contributed by atoms with Crippen LogP contribution >= 0.6 is 11.3 Å². The number of ether oxygens (including phenoxy) is 3. The third-order valence-corrected chi connectivity index (χ3v) is 8.72. The van der Waals surface area contributed by atoms with E-state index in [1.54, 1.807) is 18.6 Å². The first kappa shape index (κ1) is 30.3. The topological polar surface area (TPSA) is 84.1 Å². The highest BCUT2D eigenvalue weighted by Gasteiger charge is 2.35. The first-order valence-corrected chi connectivity index (χ1v) is 15.8. The van der Waals surface area contributed by atoms with Gasteiger partial charge >= 0.3 is 5.97 Å². The summed E-state index contributed by atoms with van der Waals surface area (Å²) in [6.07, 6.45) is 4.83. The van der Waals surface area contributed by atoms with Crippen molar-refractivity contribution in [3.63, 3.8) is 0 Å². The summed E-state index contributed by atoms with van der Waals surface area (Å²) in [5, 5.41) is 1.05. The van der Waals surface area contributed by atoms with E-state index in [4.69, 9.17) is 19.2 Å². The Morgan fingerprint density at radius 2 is 1.73 bits per heavy atom. The quantitative estimate of drug-likeness (QED) is 0.149. The van der Waals surface area contributed by atoms with Gasteiger partial charge < -0.3 is 18.8 Å². The molecule has 5 aromatic rings. The van der Waals surface area contributed by atoms with Crippen LogP contribution in [-0.2, 0) is 20.8 Å². The number of para-hydroxylation sites is 2. The molecule has 45 heavy (non-hydrogen) atoms. The van der Waals surface area contributed by atoms with Gasteiger partial charge in [-0.1, -0.05) is 85.0 Å². The van der Waals surface area contributed by atoms with E-state index in [0.717, 1.165) is 22.9 Å². The Labute approximate surface area is 265 Å². The first-order chi connectivity index (χ1) is 22.0. The zero-order chi connectivity index (χ0) is 31.3. The molecule has 1 aliphatic heterocycles. The Bertz CT molecular complexity index is 2060. The second kappa shape index (κ2) is 13.5. The molecule has 0 unspecified atom stereocenters. The van der Waals surface area contributed by atoms with Crippen molar-refractivity contribution in [2.45, 2.75) is 32.9 Å². The van der Waals surface area contributed by atoms with Crippen LogP contribution in [0.1, 0.15) is 43.0 Å². The Morgan fingerprint density at radius 3 is 2.53 bits per heavy atom. The minimum absolute atomic E-state index is 0.0876. The zero-order valence-corrected chi connectivity index (χ0v) is 26.4.